The number of hydrogen-bond donors (Lipinski definition) is 2. The number of hydrogen-bond acceptors (Lipinski definition) is 3. The van der Waals surface area contributed by atoms with Crippen molar-refractivity contribution >= 4 is 17.5 Å². The minimum atomic E-state index is -0.131. The third-order valence-electron chi connectivity index (χ3n) is 2.70. The molecule has 6 heteroatoms. The van der Waals surface area contributed by atoms with Crippen molar-refractivity contribution in [2.75, 3.05) is 26.2 Å². The van der Waals surface area contributed by atoms with Gasteiger partial charge in [0.15, 0.2) is 0 Å². The van der Waals surface area contributed by atoms with Crippen molar-refractivity contribution < 1.29 is 9.53 Å². The summed E-state index contributed by atoms with van der Waals surface area (Å²) in [4.78, 5) is 11.9. The van der Waals surface area contributed by atoms with Gasteiger partial charge in [-0.25, -0.2) is 0 Å². The van der Waals surface area contributed by atoms with Crippen LogP contribution < -0.4 is 10.6 Å². The zero-order valence-electron chi connectivity index (χ0n) is 9.70. The number of nitrogens with zero attached hydrogens (tertiary/aromatic N) is 1. The summed E-state index contributed by atoms with van der Waals surface area (Å²) in [7, 11) is 1.79. The van der Waals surface area contributed by atoms with Gasteiger partial charge in [0.25, 0.3) is 5.91 Å². The normalized spacial score (nSPS) is 20.2. The Morgan fingerprint density at radius 3 is 3.18 bits per heavy atom. The molecule has 1 aliphatic heterocycles. The van der Waals surface area contributed by atoms with Crippen LogP contribution in [0, 0.1) is 0 Å². The van der Waals surface area contributed by atoms with E-state index in [0.29, 0.717) is 23.9 Å². The Labute approximate surface area is 105 Å². The summed E-state index contributed by atoms with van der Waals surface area (Å²) in [6.45, 7) is 2.84. The lowest BCUT2D eigenvalue weighted by molar-refractivity contribution is 0.0286. The molecule has 2 rings (SSSR count). The zero-order chi connectivity index (χ0) is 12.3. The summed E-state index contributed by atoms with van der Waals surface area (Å²) in [5, 5.41) is 6.61. The summed E-state index contributed by atoms with van der Waals surface area (Å²) in [5.41, 5.74) is 0.554. The van der Waals surface area contributed by atoms with Gasteiger partial charge in [-0.3, -0.25) is 4.79 Å². The van der Waals surface area contributed by atoms with E-state index in [4.69, 9.17) is 16.3 Å². The first kappa shape index (κ1) is 12.4. The lowest BCUT2D eigenvalue weighted by atomic mass is 10.3. The van der Waals surface area contributed by atoms with E-state index in [1.165, 1.54) is 0 Å². The number of morpholine rings is 1. The predicted octanol–water partition coefficient (Wildman–Crippen LogP) is 0.397. The summed E-state index contributed by atoms with van der Waals surface area (Å²) in [5.74, 6) is -0.131. The minimum absolute atomic E-state index is 0.0449. The van der Waals surface area contributed by atoms with Crippen LogP contribution in [-0.2, 0) is 11.8 Å². The van der Waals surface area contributed by atoms with Gasteiger partial charge in [0.2, 0.25) is 0 Å². The van der Waals surface area contributed by atoms with E-state index in [2.05, 4.69) is 10.6 Å². The largest absolute Gasteiger partial charge is 0.374 e. The number of aryl methyl sites for hydroxylation is 1. The highest BCUT2D eigenvalue weighted by Crippen LogP contribution is 2.12. The summed E-state index contributed by atoms with van der Waals surface area (Å²) < 4.78 is 7.20. The molecule has 1 saturated heterocycles. The average molecular weight is 258 g/mol. The quantitative estimate of drug-likeness (QED) is 0.824. The standard InChI is InChI=1S/C11H16ClN3O2/c1-15-7-8(12)4-10(15)11(16)14-6-9-5-13-2-3-17-9/h4,7,9,13H,2-3,5-6H2,1H3,(H,14,16). The number of aromatic nitrogens is 1. The van der Waals surface area contributed by atoms with E-state index in [1.54, 1.807) is 23.9 Å². The molecule has 0 radical (unpaired) electrons. The van der Waals surface area contributed by atoms with Crippen LogP contribution in [0.25, 0.3) is 0 Å². The number of ether oxygens (including phenoxy) is 1. The van der Waals surface area contributed by atoms with Gasteiger partial charge < -0.3 is 19.9 Å². The molecular formula is C11H16ClN3O2. The van der Waals surface area contributed by atoms with Crippen LogP contribution in [0.2, 0.25) is 5.02 Å². The molecule has 1 aromatic rings. The van der Waals surface area contributed by atoms with E-state index in [1.807, 2.05) is 0 Å². The molecule has 94 valence electrons. The van der Waals surface area contributed by atoms with Crippen molar-refractivity contribution in [2.45, 2.75) is 6.10 Å². The molecule has 0 bridgehead atoms. The minimum Gasteiger partial charge on any atom is -0.374 e. The number of rotatable bonds is 3. The van der Waals surface area contributed by atoms with E-state index < -0.39 is 0 Å². The molecule has 1 aromatic heterocycles. The molecule has 17 heavy (non-hydrogen) atoms. The second kappa shape index (κ2) is 5.53. The van der Waals surface area contributed by atoms with Gasteiger partial charge in [0.05, 0.1) is 17.7 Å². The Bertz CT molecular complexity index is 399. The Hall–Kier alpha value is -1.04. The molecule has 2 heterocycles. The molecule has 0 spiro atoms. The fourth-order valence-corrected chi connectivity index (χ4v) is 2.05. The van der Waals surface area contributed by atoms with Crippen LogP contribution in [0.5, 0.6) is 0 Å². The Balaban J connectivity index is 1.86. The van der Waals surface area contributed by atoms with Gasteiger partial charge in [-0.05, 0) is 6.07 Å². The Morgan fingerprint density at radius 1 is 1.76 bits per heavy atom. The van der Waals surface area contributed by atoms with Crippen LogP contribution >= 0.6 is 11.6 Å². The fourth-order valence-electron chi connectivity index (χ4n) is 1.80. The Kier molecular flexibility index (Phi) is 4.04. The number of nitrogens with one attached hydrogen (secondary N) is 2. The maximum Gasteiger partial charge on any atom is 0.268 e. The highest BCUT2D eigenvalue weighted by molar-refractivity contribution is 6.31. The number of carbonyl (C=O) groups is 1. The SMILES string of the molecule is Cn1cc(Cl)cc1C(=O)NCC1CNCCO1. The van der Waals surface area contributed by atoms with Crippen LogP contribution in [0.1, 0.15) is 10.5 Å². The van der Waals surface area contributed by atoms with Gasteiger partial charge in [-0.15, -0.1) is 0 Å². The first-order valence-electron chi connectivity index (χ1n) is 5.59. The maximum absolute atomic E-state index is 11.9. The topological polar surface area (TPSA) is 55.3 Å². The van der Waals surface area contributed by atoms with Gasteiger partial charge in [0, 0.05) is 32.9 Å². The molecule has 0 saturated carbocycles. The van der Waals surface area contributed by atoms with Crippen LogP contribution in [0.4, 0.5) is 0 Å². The third kappa shape index (κ3) is 3.21. The van der Waals surface area contributed by atoms with E-state index in [9.17, 15) is 4.79 Å². The first-order chi connectivity index (χ1) is 8.16. The first-order valence-corrected chi connectivity index (χ1v) is 5.97. The number of carbonyl (C=O) groups excluding carboxylic acids is 1. The van der Waals surface area contributed by atoms with Crippen molar-refractivity contribution in [2.24, 2.45) is 7.05 Å². The van der Waals surface area contributed by atoms with Crippen molar-refractivity contribution in [3.8, 4) is 0 Å². The monoisotopic (exact) mass is 257 g/mol. The van der Waals surface area contributed by atoms with Crippen molar-refractivity contribution in [3.05, 3.63) is 23.0 Å². The van der Waals surface area contributed by atoms with Gasteiger partial charge in [0.1, 0.15) is 5.69 Å². The maximum atomic E-state index is 11.9. The number of halogens is 1. The molecule has 1 aliphatic rings. The second-order valence-corrected chi connectivity index (χ2v) is 4.50. The van der Waals surface area contributed by atoms with Gasteiger partial charge in [-0.1, -0.05) is 11.6 Å². The molecule has 5 nitrogen and oxygen atoms in total. The van der Waals surface area contributed by atoms with E-state index in [-0.39, 0.29) is 12.0 Å². The molecular weight excluding hydrogens is 242 g/mol. The molecule has 1 amide bonds. The summed E-state index contributed by atoms with van der Waals surface area (Å²) >= 11 is 5.82. The van der Waals surface area contributed by atoms with Crippen molar-refractivity contribution in [1.82, 2.24) is 15.2 Å². The lowest BCUT2D eigenvalue weighted by Gasteiger charge is -2.23. The molecule has 0 aromatic carbocycles. The Morgan fingerprint density at radius 2 is 2.59 bits per heavy atom. The van der Waals surface area contributed by atoms with Gasteiger partial charge >= 0.3 is 0 Å². The third-order valence-corrected chi connectivity index (χ3v) is 2.91. The number of amides is 1. The fraction of sp³-hybridized carbons (Fsp3) is 0.545. The summed E-state index contributed by atoms with van der Waals surface area (Å²) in [6, 6.07) is 1.65. The predicted molar refractivity (Wildman–Crippen MR) is 65.4 cm³/mol. The van der Waals surface area contributed by atoms with Crippen molar-refractivity contribution in [1.29, 1.82) is 0 Å². The van der Waals surface area contributed by atoms with Crippen LogP contribution in [-0.4, -0.2) is 42.8 Å². The summed E-state index contributed by atoms with van der Waals surface area (Å²) in [6.07, 6.45) is 1.75. The van der Waals surface area contributed by atoms with Crippen molar-refractivity contribution in [3.63, 3.8) is 0 Å². The van der Waals surface area contributed by atoms with Crippen LogP contribution in [0.3, 0.4) is 0 Å². The molecule has 1 atom stereocenters. The zero-order valence-corrected chi connectivity index (χ0v) is 10.5. The van der Waals surface area contributed by atoms with E-state index in [0.717, 1.165) is 13.1 Å². The lowest BCUT2D eigenvalue weighted by Crippen LogP contribution is -2.45. The molecule has 2 N–H and O–H groups in total. The molecule has 1 unspecified atom stereocenters. The van der Waals surface area contributed by atoms with Crippen LogP contribution in [0.15, 0.2) is 12.3 Å². The molecule has 0 aliphatic carbocycles. The molecule has 1 fully saturated rings. The highest BCUT2D eigenvalue weighted by Gasteiger charge is 2.16. The van der Waals surface area contributed by atoms with E-state index >= 15 is 0 Å². The highest BCUT2D eigenvalue weighted by atomic mass is 35.5. The second-order valence-electron chi connectivity index (χ2n) is 4.06. The average Bonchev–Trinajstić information content (AvgIpc) is 2.67. The van der Waals surface area contributed by atoms with Gasteiger partial charge in [-0.2, -0.15) is 0 Å². The smallest absolute Gasteiger partial charge is 0.268 e.